The second-order valence-electron chi connectivity index (χ2n) is 15.5. The summed E-state index contributed by atoms with van der Waals surface area (Å²) in [6.07, 6.45) is 15.9. The fraction of sp³-hybridized carbons (Fsp3) is 0.378. The van der Waals surface area contributed by atoms with Crippen molar-refractivity contribution >= 4 is 38.7 Å². The van der Waals surface area contributed by atoms with Gasteiger partial charge in [-0.05, 0) is 104 Å². The summed E-state index contributed by atoms with van der Waals surface area (Å²) in [5, 5.41) is 9.68. The number of rotatable bonds is 12. The molecule has 0 amide bonds. The number of hydrogen-bond donors (Lipinski definition) is 2. The highest BCUT2D eigenvalue weighted by Gasteiger charge is 2.44. The van der Waals surface area contributed by atoms with Crippen molar-refractivity contribution in [2.45, 2.75) is 102 Å². The average Bonchev–Trinajstić information content (AvgIpc) is 3.48. The Labute approximate surface area is 315 Å². The molecular formula is C45H53N2O5S+. The molecule has 0 spiro atoms. The second kappa shape index (κ2) is 15.1. The highest BCUT2D eigenvalue weighted by atomic mass is 32.2. The lowest BCUT2D eigenvalue weighted by Gasteiger charge is -2.27. The summed E-state index contributed by atoms with van der Waals surface area (Å²) in [6.45, 7) is 14.9. The number of allylic oxidation sites excluding steroid dienone is 8. The number of aromatic carboxylic acids is 1. The minimum absolute atomic E-state index is 0.0993. The topological polar surface area (TPSA) is 97.9 Å². The zero-order valence-electron chi connectivity index (χ0n) is 31.9. The van der Waals surface area contributed by atoms with Crippen LogP contribution in [-0.2, 0) is 20.9 Å². The van der Waals surface area contributed by atoms with Crippen molar-refractivity contribution in [1.29, 1.82) is 0 Å². The van der Waals surface area contributed by atoms with E-state index in [1.54, 1.807) is 18.2 Å². The standard InChI is InChI=1S/C45H52N2O5S/c1-7-9-28-46-38-17-12-11-16-36(38)44(3,4)40(46)26-22-31-14-13-15-32(42(31)33-18-20-34(21-19-33)43(48)49)23-27-41-45(5,6)37-30-35(53(50,51)52)24-25-39(37)47(41)29-10-8-2/h11-12,16-27,30H,7-10,13-15,28-29H2,1-6H3,(H-,48,49,50,51,52)/p+1. The van der Waals surface area contributed by atoms with Crippen molar-refractivity contribution in [2.75, 3.05) is 18.0 Å². The zero-order chi connectivity index (χ0) is 38.1. The van der Waals surface area contributed by atoms with Crippen LogP contribution in [0.3, 0.4) is 0 Å². The number of fused-ring (bicyclic) bond motifs is 2. The molecule has 8 heteroatoms. The summed E-state index contributed by atoms with van der Waals surface area (Å²) in [5.74, 6) is -0.950. The molecule has 278 valence electrons. The van der Waals surface area contributed by atoms with Crippen molar-refractivity contribution in [3.8, 4) is 0 Å². The predicted molar refractivity (Wildman–Crippen MR) is 215 cm³/mol. The van der Waals surface area contributed by atoms with E-state index in [0.29, 0.717) is 0 Å². The lowest BCUT2D eigenvalue weighted by Crippen LogP contribution is -2.28. The number of carboxylic acids is 1. The lowest BCUT2D eigenvalue weighted by molar-refractivity contribution is -0.438. The summed E-state index contributed by atoms with van der Waals surface area (Å²) < 4.78 is 36.6. The summed E-state index contributed by atoms with van der Waals surface area (Å²) in [5.41, 5.74) is 10.8. The third-order valence-electron chi connectivity index (χ3n) is 11.3. The van der Waals surface area contributed by atoms with Crippen LogP contribution < -0.4 is 4.90 Å². The molecule has 2 N–H and O–H groups in total. The minimum Gasteiger partial charge on any atom is -0.478 e. The first-order chi connectivity index (χ1) is 25.2. The molecule has 1 aliphatic carbocycles. The normalized spacial score (nSPS) is 19.5. The summed E-state index contributed by atoms with van der Waals surface area (Å²) in [4.78, 5) is 14.0. The van der Waals surface area contributed by atoms with E-state index in [1.165, 1.54) is 34.2 Å². The molecule has 0 fully saturated rings. The number of hydrogen-bond acceptors (Lipinski definition) is 4. The molecule has 0 unspecified atom stereocenters. The fourth-order valence-electron chi connectivity index (χ4n) is 8.34. The van der Waals surface area contributed by atoms with Gasteiger partial charge in [0.1, 0.15) is 6.54 Å². The van der Waals surface area contributed by atoms with Gasteiger partial charge in [-0.15, -0.1) is 0 Å². The number of benzene rings is 3. The largest absolute Gasteiger partial charge is 0.478 e. The number of carbonyl (C=O) groups is 1. The third kappa shape index (κ3) is 7.36. The number of anilines is 1. The second-order valence-corrected chi connectivity index (χ2v) is 17.0. The van der Waals surface area contributed by atoms with E-state index in [1.807, 2.05) is 18.2 Å². The number of para-hydroxylation sites is 1. The van der Waals surface area contributed by atoms with Gasteiger partial charge in [-0.3, -0.25) is 4.55 Å². The molecule has 6 rings (SSSR count). The van der Waals surface area contributed by atoms with Gasteiger partial charge >= 0.3 is 5.97 Å². The Hall–Kier alpha value is -4.53. The van der Waals surface area contributed by atoms with Crippen LogP contribution in [-0.4, -0.2) is 47.4 Å². The Morgan fingerprint density at radius 1 is 0.868 bits per heavy atom. The van der Waals surface area contributed by atoms with Crippen LogP contribution in [0.4, 0.5) is 11.4 Å². The number of nitrogens with zero attached hydrogens (tertiary/aromatic N) is 2. The van der Waals surface area contributed by atoms with E-state index in [-0.39, 0.29) is 15.9 Å². The first kappa shape index (κ1) is 38.2. The van der Waals surface area contributed by atoms with E-state index in [0.717, 1.165) is 86.1 Å². The van der Waals surface area contributed by atoms with E-state index in [9.17, 15) is 22.9 Å². The predicted octanol–water partition coefficient (Wildman–Crippen LogP) is 10.4. The molecule has 0 saturated carbocycles. The minimum atomic E-state index is -4.36. The lowest BCUT2D eigenvalue weighted by atomic mass is 9.79. The van der Waals surface area contributed by atoms with E-state index in [2.05, 4.69) is 99.6 Å². The molecule has 0 radical (unpaired) electrons. The van der Waals surface area contributed by atoms with Crippen LogP contribution in [0.25, 0.3) is 5.57 Å². The molecule has 53 heavy (non-hydrogen) atoms. The summed E-state index contributed by atoms with van der Waals surface area (Å²) in [7, 11) is -4.36. The summed E-state index contributed by atoms with van der Waals surface area (Å²) in [6, 6.07) is 20.8. The Morgan fingerprint density at radius 3 is 2.26 bits per heavy atom. The smallest absolute Gasteiger partial charge is 0.335 e. The van der Waals surface area contributed by atoms with Crippen LogP contribution >= 0.6 is 0 Å². The van der Waals surface area contributed by atoms with Crippen LogP contribution in [0.2, 0.25) is 0 Å². The van der Waals surface area contributed by atoms with Gasteiger partial charge in [0.05, 0.1) is 15.9 Å². The van der Waals surface area contributed by atoms with Crippen molar-refractivity contribution in [3.63, 3.8) is 0 Å². The highest BCUT2D eigenvalue weighted by molar-refractivity contribution is 7.85. The highest BCUT2D eigenvalue weighted by Crippen LogP contribution is 2.49. The average molecular weight is 734 g/mol. The van der Waals surface area contributed by atoms with Crippen molar-refractivity contribution in [3.05, 3.63) is 130 Å². The van der Waals surface area contributed by atoms with E-state index < -0.39 is 21.5 Å². The van der Waals surface area contributed by atoms with Gasteiger partial charge in [-0.2, -0.15) is 13.0 Å². The zero-order valence-corrected chi connectivity index (χ0v) is 32.8. The molecule has 7 nitrogen and oxygen atoms in total. The van der Waals surface area contributed by atoms with E-state index in [4.69, 9.17) is 0 Å². The van der Waals surface area contributed by atoms with Gasteiger partial charge in [-0.25, -0.2) is 4.79 Å². The summed E-state index contributed by atoms with van der Waals surface area (Å²) >= 11 is 0. The van der Waals surface area contributed by atoms with Crippen molar-refractivity contribution < 1.29 is 27.4 Å². The quantitative estimate of drug-likeness (QED) is 0.142. The Morgan fingerprint density at radius 2 is 1.58 bits per heavy atom. The first-order valence-corrected chi connectivity index (χ1v) is 20.4. The Balaban J connectivity index is 1.49. The molecule has 0 aromatic heterocycles. The van der Waals surface area contributed by atoms with E-state index >= 15 is 0 Å². The molecule has 2 aliphatic heterocycles. The fourth-order valence-corrected chi connectivity index (χ4v) is 8.85. The molecule has 3 aromatic carbocycles. The van der Waals surface area contributed by atoms with Gasteiger partial charge in [0.2, 0.25) is 5.69 Å². The first-order valence-electron chi connectivity index (χ1n) is 19.0. The monoisotopic (exact) mass is 733 g/mol. The molecule has 2 heterocycles. The SMILES string of the molecule is CCCCN1/C(=C/C=C2\CCCC(/C=C/C3=[N+](CCCC)c4ccccc4C3(C)C)=C2c2ccc(C(=O)O)cc2)C(C)(C)c2cc(S(=O)(=O)O)ccc21. The number of carboxylic acid groups (broad SMARTS) is 1. The van der Waals surface area contributed by atoms with Crippen LogP contribution in [0.5, 0.6) is 0 Å². The van der Waals surface area contributed by atoms with Gasteiger partial charge in [0, 0.05) is 47.5 Å². The molecule has 0 atom stereocenters. The molecule has 0 bridgehead atoms. The maximum Gasteiger partial charge on any atom is 0.335 e. The third-order valence-corrected chi connectivity index (χ3v) is 12.1. The maximum atomic E-state index is 12.1. The molecular weight excluding hydrogens is 681 g/mol. The number of unbranched alkanes of at least 4 members (excludes halogenated alkanes) is 2. The molecule has 3 aromatic rings. The Kier molecular flexibility index (Phi) is 10.9. The Bertz CT molecular complexity index is 2180. The van der Waals surface area contributed by atoms with Crippen molar-refractivity contribution in [2.24, 2.45) is 0 Å². The van der Waals surface area contributed by atoms with Gasteiger partial charge in [-0.1, -0.05) is 83.0 Å². The van der Waals surface area contributed by atoms with Gasteiger partial charge in [0.25, 0.3) is 10.1 Å². The van der Waals surface area contributed by atoms with Crippen LogP contribution in [0.15, 0.2) is 113 Å². The molecule has 3 aliphatic rings. The van der Waals surface area contributed by atoms with Crippen LogP contribution in [0.1, 0.15) is 114 Å². The maximum absolute atomic E-state index is 12.1. The van der Waals surface area contributed by atoms with Gasteiger partial charge < -0.3 is 10.0 Å². The van der Waals surface area contributed by atoms with Crippen LogP contribution in [0, 0.1) is 0 Å². The van der Waals surface area contributed by atoms with Crippen molar-refractivity contribution in [1.82, 2.24) is 0 Å². The molecule has 0 saturated heterocycles. The van der Waals surface area contributed by atoms with Gasteiger partial charge in [0.15, 0.2) is 5.71 Å².